The molecule has 0 N–H and O–H groups in total. The molecule has 3 aromatic carbocycles. The van der Waals surface area contributed by atoms with E-state index in [2.05, 4.69) is 39.2 Å². The van der Waals surface area contributed by atoms with E-state index in [0.29, 0.717) is 17.2 Å². The van der Waals surface area contributed by atoms with Gasteiger partial charge in [-0.2, -0.15) is 5.10 Å². The minimum Gasteiger partial charge on any atom is -0.299 e. The zero-order valence-electron chi connectivity index (χ0n) is 18.0. The third kappa shape index (κ3) is 3.61. The van der Waals surface area contributed by atoms with Crippen molar-refractivity contribution in [3.8, 4) is 27.9 Å². The topological polar surface area (TPSA) is 35.6 Å². The van der Waals surface area contributed by atoms with Crippen LogP contribution in [0, 0.1) is 11.6 Å². The first kappa shape index (κ1) is 19.9. The Kier molecular flexibility index (Phi) is 4.79. The molecule has 4 nitrogen and oxygen atoms in total. The predicted molar refractivity (Wildman–Crippen MR) is 125 cm³/mol. The van der Waals surface area contributed by atoms with E-state index in [1.54, 1.807) is 6.33 Å². The molecule has 5 aromatic rings. The number of aromatic nitrogens is 4. The fourth-order valence-electron chi connectivity index (χ4n) is 4.80. The van der Waals surface area contributed by atoms with E-state index in [9.17, 15) is 8.78 Å². The lowest BCUT2D eigenvalue weighted by Crippen LogP contribution is -2.04. The third-order valence-corrected chi connectivity index (χ3v) is 6.55. The monoisotopic (exact) mass is 440 g/mol. The SMILES string of the molecule is Fc1ccc(-c2cccc(-n3cnc4cc(-c5cnn(C6CCCC6)c5)ccc43)c2)c(F)c1. The maximum atomic E-state index is 14.3. The van der Waals surface area contributed by atoms with Crippen LogP contribution in [0.3, 0.4) is 0 Å². The van der Waals surface area contributed by atoms with Gasteiger partial charge in [0, 0.05) is 29.1 Å². The number of imidazole rings is 1. The van der Waals surface area contributed by atoms with Gasteiger partial charge in [0.15, 0.2) is 0 Å². The van der Waals surface area contributed by atoms with Crippen molar-refractivity contribution in [2.75, 3.05) is 0 Å². The summed E-state index contributed by atoms with van der Waals surface area (Å²) in [7, 11) is 0. The molecule has 164 valence electrons. The highest BCUT2D eigenvalue weighted by Crippen LogP contribution is 2.32. The second kappa shape index (κ2) is 7.96. The number of fused-ring (bicyclic) bond motifs is 1. The lowest BCUT2D eigenvalue weighted by atomic mass is 10.0. The molecule has 6 rings (SSSR count). The Morgan fingerprint density at radius 2 is 1.73 bits per heavy atom. The average Bonchev–Trinajstić information content (AvgIpc) is 3.59. The molecule has 33 heavy (non-hydrogen) atoms. The summed E-state index contributed by atoms with van der Waals surface area (Å²) < 4.78 is 31.7. The summed E-state index contributed by atoms with van der Waals surface area (Å²) in [5, 5.41) is 4.60. The predicted octanol–water partition coefficient (Wildman–Crippen LogP) is 6.95. The van der Waals surface area contributed by atoms with E-state index in [-0.39, 0.29) is 0 Å². The number of hydrogen-bond donors (Lipinski definition) is 0. The molecule has 0 unspecified atom stereocenters. The summed E-state index contributed by atoms with van der Waals surface area (Å²) in [6.45, 7) is 0. The molecule has 1 fully saturated rings. The van der Waals surface area contributed by atoms with Crippen molar-refractivity contribution in [2.45, 2.75) is 31.7 Å². The molecular weight excluding hydrogens is 418 g/mol. The van der Waals surface area contributed by atoms with Crippen molar-refractivity contribution < 1.29 is 8.78 Å². The van der Waals surface area contributed by atoms with Gasteiger partial charge >= 0.3 is 0 Å². The maximum Gasteiger partial charge on any atom is 0.133 e. The Morgan fingerprint density at radius 1 is 0.848 bits per heavy atom. The van der Waals surface area contributed by atoms with Crippen molar-refractivity contribution in [1.29, 1.82) is 0 Å². The molecule has 0 atom stereocenters. The van der Waals surface area contributed by atoms with Crippen LogP contribution in [0.5, 0.6) is 0 Å². The van der Waals surface area contributed by atoms with E-state index in [1.165, 1.54) is 37.8 Å². The van der Waals surface area contributed by atoms with Gasteiger partial charge in [-0.25, -0.2) is 13.8 Å². The number of benzene rings is 3. The second-order valence-electron chi connectivity index (χ2n) is 8.64. The molecule has 0 spiro atoms. The fourth-order valence-corrected chi connectivity index (χ4v) is 4.80. The van der Waals surface area contributed by atoms with Crippen LogP contribution in [-0.4, -0.2) is 19.3 Å². The fraction of sp³-hybridized carbons (Fsp3) is 0.185. The van der Waals surface area contributed by atoms with Gasteiger partial charge in [0.1, 0.15) is 18.0 Å². The standard InChI is InChI=1S/C27H22F2N4/c28-21-9-10-24(25(29)14-21)19-4-3-7-23(12-19)32-17-30-26-13-18(8-11-27(26)32)20-15-31-33(16-20)22-5-1-2-6-22/h3-4,7-17,22H,1-2,5-6H2. The largest absolute Gasteiger partial charge is 0.299 e. The van der Waals surface area contributed by atoms with Crippen LogP contribution in [0.25, 0.3) is 39.0 Å². The lowest BCUT2D eigenvalue weighted by molar-refractivity contribution is 0.467. The van der Waals surface area contributed by atoms with Crippen molar-refractivity contribution in [2.24, 2.45) is 0 Å². The number of hydrogen-bond acceptors (Lipinski definition) is 2. The van der Waals surface area contributed by atoms with E-state index in [0.717, 1.165) is 33.9 Å². The lowest BCUT2D eigenvalue weighted by Gasteiger charge is -2.09. The molecule has 1 aliphatic carbocycles. The summed E-state index contributed by atoms with van der Waals surface area (Å²) in [6, 6.07) is 17.9. The van der Waals surface area contributed by atoms with Crippen LogP contribution < -0.4 is 0 Å². The van der Waals surface area contributed by atoms with Crippen LogP contribution in [0.4, 0.5) is 8.78 Å². The Labute approximate surface area is 190 Å². The summed E-state index contributed by atoms with van der Waals surface area (Å²) in [4.78, 5) is 4.61. The van der Waals surface area contributed by atoms with E-state index >= 15 is 0 Å². The van der Waals surface area contributed by atoms with Gasteiger partial charge in [-0.05, 0) is 60.4 Å². The molecule has 6 heteroatoms. The average molecular weight is 440 g/mol. The van der Waals surface area contributed by atoms with Gasteiger partial charge in [-0.15, -0.1) is 0 Å². The van der Waals surface area contributed by atoms with Crippen molar-refractivity contribution >= 4 is 11.0 Å². The summed E-state index contributed by atoms with van der Waals surface area (Å²) in [6.07, 6.45) is 10.8. The first-order valence-corrected chi connectivity index (χ1v) is 11.2. The van der Waals surface area contributed by atoms with Crippen molar-refractivity contribution in [3.05, 3.63) is 91.0 Å². The molecule has 0 amide bonds. The van der Waals surface area contributed by atoms with Crippen molar-refractivity contribution in [3.63, 3.8) is 0 Å². The van der Waals surface area contributed by atoms with Crippen LogP contribution in [0.15, 0.2) is 79.4 Å². The molecule has 0 bridgehead atoms. The highest BCUT2D eigenvalue weighted by molar-refractivity contribution is 5.83. The minimum absolute atomic E-state index is 0.365. The molecule has 1 aliphatic rings. The quantitative estimate of drug-likeness (QED) is 0.303. The highest BCUT2D eigenvalue weighted by Gasteiger charge is 2.18. The van der Waals surface area contributed by atoms with Gasteiger partial charge in [0.05, 0.1) is 23.3 Å². The number of rotatable bonds is 4. The van der Waals surface area contributed by atoms with Gasteiger partial charge in [-0.3, -0.25) is 9.25 Å². The summed E-state index contributed by atoms with van der Waals surface area (Å²) >= 11 is 0. The Balaban J connectivity index is 1.34. The van der Waals surface area contributed by atoms with E-state index in [4.69, 9.17) is 0 Å². The third-order valence-electron chi connectivity index (χ3n) is 6.55. The zero-order valence-corrected chi connectivity index (χ0v) is 18.0. The Bertz CT molecular complexity index is 1460. The first-order chi connectivity index (χ1) is 16.2. The van der Waals surface area contributed by atoms with Crippen LogP contribution in [-0.2, 0) is 0 Å². The molecule has 1 saturated carbocycles. The number of nitrogens with zero attached hydrogens (tertiary/aromatic N) is 4. The normalized spacial score (nSPS) is 14.4. The van der Waals surface area contributed by atoms with Crippen molar-refractivity contribution in [1.82, 2.24) is 19.3 Å². The molecular formula is C27H22F2N4. The summed E-state index contributed by atoms with van der Waals surface area (Å²) in [5.41, 5.74) is 5.91. The zero-order chi connectivity index (χ0) is 22.4. The van der Waals surface area contributed by atoms with Gasteiger partial charge in [-0.1, -0.05) is 31.0 Å². The Morgan fingerprint density at radius 3 is 2.58 bits per heavy atom. The van der Waals surface area contributed by atoms with Crippen LogP contribution in [0.1, 0.15) is 31.7 Å². The first-order valence-electron chi connectivity index (χ1n) is 11.2. The Hall–Kier alpha value is -3.80. The number of halogens is 2. The van der Waals surface area contributed by atoms with Gasteiger partial charge < -0.3 is 0 Å². The smallest absolute Gasteiger partial charge is 0.133 e. The molecule has 2 heterocycles. The molecule has 0 radical (unpaired) electrons. The molecule has 0 saturated heterocycles. The second-order valence-corrected chi connectivity index (χ2v) is 8.64. The maximum absolute atomic E-state index is 14.3. The molecule has 0 aliphatic heterocycles. The highest BCUT2D eigenvalue weighted by atomic mass is 19.1. The summed E-state index contributed by atoms with van der Waals surface area (Å²) in [5.74, 6) is -1.16. The van der Waals surface area contributed by atoms with E-state index in [1.807, 2.05) is 35.0 Å². The van der Waals surface area contributed by atoms with Crippen LogP contribution in [0.2, 0.25) is 0 Å². The van der Waals surface area contributed by atoms with Gasteiger partial charge in [0.2, 0.25) is 0 Å². The minimum atomic E-state index is -0.586. The van der Waals surface area contributed by atoms with Crippen LogP contribution >= 0.6 is 0 Å². The van der Waals surface area contributed by atoms with Gasteiger partial charge in [0.25, 0.3) is 0 Å². The van der Waals surface area contributed by atoms with E-state index < -0.39 is 11.6 Å². The molecule has 2 aromatic heterocycles.